The van der Waals surface area contributed by atoms with Crippen LogP contribution in [0.1, 0.15) is 5.56 Å². The van der Waals surface area contributed by atoms with Crippen LogP contribution in [0.5, 0.6) is 0 Å². The van der Waals surface area contributed by atoms with Gasteiger partial charge >= 0.3 is 0 Å². The lowest BCUT2D eigenvalue weighted by Crippen LogP contribution is -1.89. The van der Waals surface area contributed by atoms with Crippen molar-refractivity contribution in [2.45, 2.75) is 10.9 Å². The quantitative estimate of drug-likeness (QED) is 0.491. The number of hydrogen-bond donors (Lipinski definition) is 0. The summed E-state index contributed by atoms with van der Waals surface area (Å²) < 4.78 is 0. The van der Waals surface area contributed by atoms with Crippen LogP contribution in [0.4, 0.5) is 0 Å². The molecular weight excluding hydrogens is 308 g/mol. The third-order valence-corrected chi connectivity index (χ3v) is 4.77. The Balaban J connectivity index is 1.72. The minimum atomic E-state index is 0.759. The Morgan fingerprint density at radius 1 is 1.10 bits per heavy atom. The van der Waals surface area contributed by atoms with Crippen molar-refractivity contribution in [2.24, 2.45) is 0 Å². The SMILES string of the molecule is Clc1ccc(CSc2nccc(-c3cccs3)n2)cc1. The molecule has 3 rings (SSSR count). The van der Waals surface area contributed by atoms with Crippen molar-refractivity contribution in [3.05, 3.63) is 64.6 Å². The van der Waals surface area contributed by atoms with Crippen molar-refractivity contribution in [1.29, 1.82) is 0 Å². The van der Waals surface area contributed by atoms with Crippen LogP contribution in [0.3, 0.4) is 0 Å². The zero-order valence-electron chi connectivity index (χ0n) is 10.5. The second-order valence-corrected chi connectivity index (χ2v) is 6.44. The van der Waals surface area contributed by atoms with Gasteiger partial charge in [-0.25, -0.2) is 9.97 Å². The average molecular weight is 319 g/mol. The van der Waals surface area contributed by atoms with Crippen LogP contribution in [-0.4, -0.2) is 9.97 Å². The van der Waals surface area contributed by atoms with Crippen LogP contribution in [0.15, 0.2) is 59.2 Å². The Labute approximate surface area is 130 Å². The minimum absolute atomic E-state index is 0.759. The van der Waals surface area contributed by atoms with Gasteiger partial charge in [0.15, 0.2) is 5.16 Å². The van der Waals surface area contributed by atoms with Crippen LogP contribution in [-0.2, 0) is 5.75 Å². The van der Waals surface area contributed by atoms with Gasteiger partial charge in [0, 0.05) is 17.0 Å². The average Bonchev–Trinajstić information content (AvgIpc) is 3.01. The first-order valence-corrected chi connectivity index (χ1v) is 8.30. The van der Waals surface area contributed by atoms with Crippen molar-refractivity contribution in [2.75, 3.05) is 0 Å². The molecule has 3 aromatic rings. The van der Waals surface area contributed by atoms with E-state index >= 15 is 0 Å². The fourth-order valence-electron chi connectivity index (χ4n) is 1.70. The van der Waals surface area contributed by atoms with Crippen molar-refractivity contribution in [3.8, 4) is 10.6 Å². The molecule has 2 heterocycles. The van der Waals surface area contributed by atoms with Gasteiger partial charge in [-0.3, -0.25) is 0 Å². The predicted octanol–water partition coefficient (Wildman–Crippen LogP) is 5.15. The lowest BCUT2D eigenvalue weighted by atomic mass is 10.2. The molecule has 0 amide bonds. The van der Waals surface area contributed by atoms with Crippen LogP contribution in [0.2, 0.25) is 5.02 Å². The molecule has 20 heavy (non-hydrogen) atoms. The minimum Gasteiger partial charge on any atom is -0.231 e. The van der Waals surface area contributed by atoms with Crippen LogP contribution in [0, 0.1) is 0 Å². The number of aromatic nitrogens is 2. The Morgan fingerprint density at radius 3 is 2.70 bits per heavy atom. The Morgan fingerprint density at radius 2 is 1.95 bits per heavy atom. The van der Waals surface area contributed by atoms with Gasteiger partial charge in [-0.05, 0) is 35.2 Å². The molecule has 0 radical (unpaired) electrons. The summed E-state index contributed by atoms with van der Waals surface area (Å²) in [6.07, 6.45) is 1.81. The van der Waals surface area contributed by atoms with E-state index in [1.807, 2.05) is 42.6 Å². The molecule has 5 heteroatoms. The predicted molar refractivity (Wildman–Crippen MR) is 86.4 cm³/mol. The largest absolute Gasteiger partial charge is 0.231 e. The number of rotatable bonds is 4. The molecule has 0 fully saturated rings. The molecule has 0 unspecified atom stereocenters. The number of benzene rings is 1. The Bertz CT molecular complexity index is 681. The van der Waals surface area contributed by atoms with Crippen molar-refractivity contribution >= 4 is 34.7 Å². The maximum atomic E-state index is 5.88. The summed E-state index contributed by atoms with van der Waals surface area (Å²) in [7, 11) is 0. The molecule has 2 aromatic heterocycles. The first-order chi connectivity index (χ1) is 9.81. The normalized spacial score (nSPS) is 10.7. The van der Waals surface area contributed by atoms with Gasteiger partial charge in [0.1, 0.15) is 0 Å². The maximum absolute atomic E-state index is 5.88. The highest BCUT2D eigenvalue weighted by Gasteiger charge is 2.04. The van der Waals surface area contributed by atoms with Crippen molar-refractivity contribution in [1.82, 2.24) is 9.97 Å². The first-order valence-electron chi connectivity index (χ1n) is 6.05. The summed E-state index contributed by atoms with van der Waals surface area (Å²) in [6.45, 7) is 0. The molecule has 0 aliphatic carbocycles. The van der Waals surface area contributed by atoms with Gasteiger partial charge in [0.25, 0.3) is 0 Å². The topological polar surface area (TPSA) is 25.8 Å². The van der Waals surface area contributed by atoms with E-state index in [1.54, 1.807) is 23.1 Å². The zero-order chi connectivity index (χ0) is 13.8. The zero-order valence-corrected chi connectivity index (χ0v) is 12.9. The molecule has 0 saturated heterocycles. The third-order valence-electron chi connectivity index (χ3n) is 2.69. The lowest BCUT2D eigenvalue weighted by Gasteiger charge is -2.02. The van der Waals surface area contributed by atoms with Gasteiger partial charge in [0.2, 0.25) is 0 Å². The molecule has 0 atom stereocenters. The number of thioether (sulfide) groups is 1. The van der Waals surface area contributed by atoms with E-state index < -0.39 is 0 Å². The summed E-state index contributed by atoms with van der Waals surface area (Å²) in [5, 5.41) is 3.61. The molecular formula is C15H11ClN2S2. The second-order valence-electron chi connectivity index (χ2n) is 4.12. The first kappa shape index (κ1) is 13.6. The van der Waals surface area contributed by atoms with E-state index in [2.05, 4.69) is 21.4 Å². The highest BCUT2D eigenvalue weighted by atomic mass is 35.5. The maximum Gasteiger partial charge on any atom is 0.188 e. The van der Waals surface area contributed by atoms with Gasteiger partial charge in [-0.1, -0.05) is 41.6 Å². The number of thiophene rings is 1. The van der Waals surface area contributed by atoms with Crippen molar-refractivity contribution in [3.63, 3.8) is 0 Å². The highest BCUT2D eigenvalue weighted by molar-refractivity contribution is 7.98. The van der Waals surface area contributed by atoms with Gasteiger partial charge < -0.3 is 0 Å². The summed E-state index contributed by atoms with van der Waals surface area (Å²) >= 11 is 9.19. The molecule has 0 saturated carbocycles. The molecule has 0 aliphatic rings. The lowest BCUT2D eigenvalue weighted by molar-refractivity contribution is 0.974. The molecule has 100 valence electrons. The van der Waals surface area contributed by atoms with E-state index in [-0.39, 0.29) is 0 Å². The third kappa shape index (κ3) is 3.39. The standard InChI is InChI=1S/C15H11ClN2S2/c16-12-5-3-11(4-6-12)10-20-15-17-8-7-13(18-15)14-2-1-9-19-14/h1-9H,10H2. The molecule has 0 aliphatic heterocycles. The molecule has 0 bridgehead atoms. The van der Waals surface area contributed by atoms with Crippen LogP contribution >= 0.6 is 34.7 Å². The van der Waals surface area contributed by atoms with E-state index in [1.165, 1.54) is 10.4 Å². The smallest absolute Gasteiger partial charge is 0.188 e. The molecule has 1 aromatic carbocycles. The van der Waals surface area contributed by atoms with Crippen LogP contribution < -0.4 is 0 Å². The van der Waals surface area contributed by atoms with Gasteiger partial charge in [0.05, 0.1) is 10.6 Å². The fraction of sp³-hybridized carbons (Fsp3) is 0.0667. The van der Waals surface area contributed by atoms with E-state index in [0.717, 1.165) is 21.6 Å². The second kappa shape index (κ2) is 6.39. The fourth-order valence-corrected chi connectivity index (χ4v) is 3.31. The summed E-state index contributed by atoms with van der Waals surface area (Å²) in [4.78, 5) is 10.1. The summed E-state index contributed by atoms with van der Waals surface area (Å²) in [5.74, 6) is 0.838. The molecule has 0 spiro atoms. The molecule has 2 nitrogen and oxygen atoms in total. The van der Waals surface area contributed by atoms with Crippen molar-refractivity contribution < 1.29 is 0 Å². The molecule has 0 N–H and O–H groups in total. The highest BCUT2D eigenvalue weighted by Crippen LogP contribution is 2.25. The van der Waals surface area contributed by atoms with E-state index in [0.29, 0.717) is 0 Å². The Hall–Kier alpha value is -1.36. The summed E-state index contributed by atoms with van der Waals surface area (Å²) in [6, 6.07) is 13.9. The van der Waals surface area contributed by atoms with Gasteiger partial charge in [-0.15, -0.1) is 11.3 Å². The number of hydrogen-bond acceptors (Lipinski definition) is 4. The van der Waals surface area contributed by atoms with E-state index in [9.17, 15) is 0 Å². The van der Waals surface area contributed by atoms with Gasteiger partial charge in [-0.2, -0.15) is 0 Å². The summed E-state index contributed by atoms with van der Waals surface area (Å²) in [5.41, 5.74) is 2.19. The Kier molecular flexibility index (Phi) is 4.35. The number of nitrogens with zero attached hydrogens (tertiary/aromatic N) is 2. The van der Waals surface area contributed by atoms with E-state index in [4.69, 9.17) is 11.6 Å². The van der Waals surface area contributed by atoms with Crippen LogP contribution in [0.25, 0.3) is 10.6 Å². The monoisotopic (exact) mass is 318 g/mol. The number of halogens is 1.